The first kappa shape index (κ1) is 28.6. The van der Waals surface area contributed by atoms with Gasteiger partial charge >= 0.3 is 0 Å². The molecular weight excluding hydrogens is 604 g/mol. The molecule has 0 aliphatic carbocycles. The van der Waals surface area contributed by atoms with Crippen LogP contribution in [-0.4, -0.2) is 19.9 Å². The van der Waals surface area contributed by atoms with Crippen molar-refractivity contribution in [2.45, 2.75) is 0 Å². The Morgan fingerprint density at radius 3 is 1.12 bits per heavy atom. The molecule has 0 atom stereocenters. The van der Waals surface area contributed by atoms with E-state index in [2.05, 4.69) is 46.4 Å². The van der Waals surface area contributed by atoms with Crippen LogP contribution in [0.2, 0.25) is 0 Å². The molecule has 0 fully saturated rings. The second-order valence-electron chi connectivity index (χ2n) is 12.1. The topological polar surface area (TPSA) is 57.4 Å². The van der Waals surface area contributed by atoms with E-state index in [9.17, 15) is 0 Å². The third kappa shape index (κ3) is 5.09. The van der Waals surface area contributed by atoms with Gasteiger partial charge in [-0.2, -0.15) is 0 Å². The van der Waals surface area contributed by atoms with E-state index in [4.69, 9.17) is 9.97 Å². The number of hydrogen-bond acceptors (Lipinski definition) is 2. The van der Waals surface area contributed by atoms with Crippen LogP contribution in [0, 0.1) is 5.82 Å². The maximum absolute atomic E-state index is 16.5. The number of H-pyrrole nitrogens is 2. The Bertz CT molecular complexity index is 2580. The summed E-state index contributed by atoms with van der Waals surface area (Å²) in [6, 6.07) is 46.3. The van der Waals surface area contributed by atoms with Crippen molar-refractivity contribution in [3.63, 3.8) is 0 Å². The second-order valence-corrected chi connectivity index (χ2v) is 12.1. The summed E-state index contributed by atoms with van der Waals surface area (Å²) >= 11 is 0. The molecule has 2 N–H and O–H groups in total. The summed E-state index contributed by atoms with van der Waals surface area (Å²) in [5, 5.41) is 0. The third-order valence-corrected chi connectivity index (χ3v) is 9.07. The van der Waals surface area contributed by atoms with Crippen molar-refractivity contribution >= 4 is 46.4 Å². The highest BCUT2D eigenvalue weighted by Crippen LogP contribution is 2.38. The van der Waals surface area contributed by atoms with Gasteiger partial charge in [-0.15, -0.1) is 0 Å². The van der Waals surface area contributed by atoms with Gasteiger partial charge in [0.05, 0.1) is 33.8 Å². The molecule has 5 heterocycles. The van der Waals surface area contributed by atoms with Gasteiger partial charge in [0, 0.05) is 39.4 Å². The predicted molar refractivity (Wildman–Crippen MR) is 201 cm³/mol. The minimum absolute atomic E-state index is 0.361. The van der Waals surface area contributed by atoms with Gasteiger partial charge < -0.3 is 9.97 Å². The number of benzene rings is 4. The lowest BCUT2D eigenvalue weighted by atomic mass is 10.0. The van der Waals surface area contributed by atoms with Crippen LogP contribution in [0.5, 0.6) is 0 Å². The Balaban J connectivity index is 1.51. The lowest BCUT2D eigenvalue weighted by Gasteiger charge is -2.06. The normalized spacial score (nSPS) is 12.0. The van der Waals surface area contributed by atoms with Crippen molar-refractivity contribution in [2.75, 3.05) is 0 Å². The summed E-state index contributed by atoms with van der Waals surface area (Å²) < 4.78 is 16.5. The van der Waals surface area contributed by atoms with E-state index in [-0.39, 0.29) is 5.82 Å². The molecule has 4 aromatic carbocycles. The van der Waals surface area contributed by atoms with E-state index in [0.717, 1.165) is 67.1 Å². The fourth-order valence-corrected chi connectivity index (χ4v) is 6.88. The molecule has 49 heavy (non-hydrogen) atoms. The highest BCUT2D eigenvalue weighted by Gasteiger charge is 2.20. The van der Waals surface area contributed by atoms with E-state index in [1.54, 1.807) is 6.07 Å². The molecule has 0 amide bonds. The van der Waals surface area contributed by atoms with Crippen molar-refractivity contribution in [3.05, 3.63) is 168 Å². The number of nitrogens with one attached hydrogen (secondary N) is 2. The van der Waals surface area contributed by atoms with Gasteiger partial charge in [0.2, 0.25) is 0 Å². The van der Waals surface area contributed by atoms with Crippen LogP contribution >= 0.6 is 0 Å². The van der Waals surface area contributed by atoms with Crippen LogP contribution in [0.3, 0.4) is 0 Å². The average Bonchev–Trinajstić information content (AvgIpc) is 3.98. The minimum Gasteiger partial charge on any atom is -0.354 e. The summed E-state index contributed by atoms with van der Waals surface area (Å²) in [6.45, 7) is 0. The smallest absolute Gasteiger partial charge is 0.149 e. The Morgan fingerprint density at radius 1 is 0.367 bits per heavy atom. The first-order valence-electron chi connectivity index (χ1n) is 16.3. The van der Waals surface area contributed by atoms with Crippen molar-refractivity contribution in [1.29, 1.82) is 0 Å². The van der Waals surface area contributed by atoms with E-state index >= 15 is 4.39 Å². The van der Waals surface area contributed by atoms with Crippen LogP contribution < -0.4 is 0 Å². The lowest BCUT2D eigenvalue weighted by Crippen LogP contribution is -1.89. The Kier molecular flexibility index (Phi) is 6.95. The molecule has 2 aliphatic heterocycles. The maximum Gasteiger partial charge on any atom is 0.149 e. The number of nitrogens with zero attached hydrogens (tertiary/aromatic N) is 2. The Hall–Kier alpha value is -6.59. The Morgan fingerprint density at radius 2 is 0.714 bits per heavy atom. The van der Waals surface area contributed by atoms with Crippen molar-refractivity contribution in [1.82, 2.24) is 19.9 Å². The molecule has 4 nitrogen and oxygen atoms in total. The van der Waals surface area contributed by atoms with E-state index in [0.29, 0.717) is 22.3 Å². The lowest BCUT2D eigenvalue weighted by molar-refractivity contribution is 0.642. The molecule has 8 bridgehead atoms. The molecule has 2 aliphatic rings. The fourth-order valence-electron chi connectivity index (χ4n) is 6.88. The second kappa shape index (κ2) is 11.9. The number of rotatable bonds is 4. The van der Waals surface area contributed by atoms with Gasteiger partial charge in [0.1, 0.15) is 5.82 Å². The standard InChI is InChI=1S/C44H29FN4/c45-32-27-39-42(30-17-9-3-10-18-30)37-24-23-35(47-37)40(28-13-5-1-6-14-28)33-21-22-34(46-33)41(29-15-7-2-8-16-29)36-25-26-38(48-36)43(44(32)49-39)31-19-11-4-12-20-31/h1-27,46,49H. The van der Waals surface area contributed by atoms with Gasteiger partial charge in [0.25, 0.3) is 0 Å². The van der Waals surface area contributed by atoms with Gasteiger partial charge in [-0.05, 0) is 58.7 Å². The number of aromatic nitrogens is 4. The van der Waals surface area contributed by atoms with Crippen LogP contribution in [0.1, 0.15) is 22.8 Å². The van der Waals surface area contributed by atoms with E-state index in [1.807, 2.05) is 121 Å². The van der Waals surface area contributed by atoms with Gasteiger partial charge in [-0.3, -0.25) is 0 Å². The maximum atomic E-state index is 16.5. The summed E-state index contributed by atoms with van der Waals surface area (Å²) in [5.74, 6) is -0.361. The van der Waals surface area contributed by atoms with Gasteiger partial charge in [0.15, 0.2) is 0 Å². The van der Waals surface area contributed by atoms with Gasteiger partial charge in [-0.1, -0.05) is 121 Å². The zero-order valence-corrected chi connectivity index (χ0v) is 26.4. The van der Waals surface area contributed by atoms with Crippen molar-refractivity contribution in [2.24, 2.45) is 0 Å². The quantitative estimate of drug-likeness (QED) is 0.203. The highest BCUT2D eigenvalue weighted by molar-refractivity contribution is 5.99. The van der Waals surface area contributed by atoms with Crippen molar-refractivity contribution in [3.8, 4) is 44.5 Å². The number of hydrogen-bond donors (Lipinski definition) is 2. The summed E-state index contributed by atoms with van der Waals surface area (Å²) in [5.41, 5.74) is 13.2. The molecule has 9 rings (SSSR count). The zero-order valence-electron chi connectivity index (χ0n) is 26.4. The minimum atomic E-state index is -0.361. The SMILES string of the molecule is Fc1cc2[nH]c1c(-c1ccccc1)c1nc(c(-c3ccccc3)c3ccc([nH]3)c(-c3ccccc3)c3nc(c2-c2ccccc2)C=C3)C=C1. The molecule has 0 saturated heterocycles. The van der Waals surface area contributed by atoms with Crippen LogP contribution in [0.25, 0.3) is 90.9 Å². The molecule has 232 valence electrons. The summed E-state index contributed by atoms with van der Waals surface area (Å²) in [6.07, 6.45) is 8.08. The largest absolute Gasteiger partial charge is 0.354 e. The van der Waals surface area contributed by atoms with Crippen LogP contribution in [0.15, 0.2) is 140 Å². The zero-order chi connectivity index (χ0) is 32.7. The highest BCUT2D eigenvalue weighted by atomic mass is 19.1. The molecule has 0 saturated carbocycles. The molecule has 5 heteroatoms. The number of halogens is 1. The molecular formula is C44H29FN4. The third-order valence-electron chi connectivity index (χ3n) is 9.07. The number of aromatic amines is 2. The first-order chi connectivity index (χ1) is 24.2. The monoisotopic (exact) mass is 632 g/mol. The summed E-state index contributed by atoms with van der Waals surface area (Å²) in [4.78, 5) is 17.7. The number of fused-ring (bicyclic) bond motifs is 8. The molecule has 0 unspecified atom stereocenters. The van der Waals surface area contributed by atoms with Gasteiger partial charge in [-0.25, -0.2) is 14.4 Å². The molecule has 0 radical (unpaired) electrons. The fraction of sp³-hybridized carbons (Fsp3) is 0. The Labute approximate surface area is 282 Å². The average molecular weight is 633 g/mol. The van der Waals surface area contributed by atoms with Crippen LogP contribution in [-0.2, 0) is 0 Å². The van der Waals surface area contributed by atoms with E-state index < -0.39 is 0 Å². The summed E-state index contributed by atoms with van der Waals surface area (Å²) in [7, 11) is 0. The molecule has 7 aromatic rings. The van der Waals surface area contributed by atoms with Crippen molar-refractivity contribution < 1.29 is 4.39 Å². The first-order valence-corrected chi connectivity index (χ1v) is 16.3. The predicted octanol–water partition coefficient (Wildman–Crippen LogP) is 11.5. The molecule has 0 spiro atoms. The van der Waals surface area contributed by atoms with E-state index in [1.165, 1.54) is 0 Å². The molecule has 3 aromatic heterocycles. The van der Waals surface area contributed by atoms with Crippen LogP contribution in [0.4, 0.5) is 4.39 Å².